The molecule has 0 fully saturated rings. The molecule has 0 aliphatic carbocycles. The fraction of sp³-hybridized carbons (Fsp3) is 0.0833. The van der Waals surface area contributed by atoms with Gasteiger partial charge < -0.3 is 10.4 Å². The van der Waals surface area contributed by atoms with Crippen LogP contribution in [0.2, 0.25) is 0 Å². The first-order chi connectivity index (χ1) is 9.50. The number of para-hydroxylation sites is 1. The Morgan fingerprint density at radius 3 is 2.75 bits per heavy atom. The number of nitro benzene ring substituents is 1. The number of anilines is 1. The summed E-state index contributed by atoms with van der Waals surface area (Å²) in [6.45, 7) is 0.309. The lowest BCUT2D eigenvalue weighted by Gasteiger charge is -2.09. The van der Waals surface area contributed by atoms with Gasteiger partial charge in [0.2, 0.25) is 0 Å². The van der Waals surface area contributed by atoms with Crippen LogP contribution >= 0.6 is 27.3 Å². The summed E-state index contributed by atoms with van der Waals surface area (Å²) in [4.78, 5) is 22.5. The summed E-state index contributed by atoms with van der Waals surface area (Å²) in [6, 6.07) is 5.83. The van der Waals surface area contributed by atoms with Crippen LogP contribution in [0.3, 0.4) is 0 Å². The van der Waals surface area contributed by atoms with Gasteiger partial charge in [-0.2, -0.15) is 0 Å². The van der Waals surface area contributed by atoms with Gasteiger partial charge in [0.25, 0.3) is 5.69 Å². The largest absolute Gasteiger partial charge is 0.478 e. The lowest BCUT2D eigenvalue weighted by molar-refractivity contribution is -0.384. The summed E-state index contributed by atoms with van der Waals surface area (Å²) >= 11 is 4.83. The van der Waals surface area contributed by atoms with Gasteiger partial charge in [-0.1, -0.05) is 6.07 Å². The highest BCUT2D eigenvalue weighted by Gasteiger charge is 2.21. The van der Waals surface area contributed by atoms with Gasteiger partial charge in [-0.05, 0) is 33.4 Å². The van der Waals surface area contributed by atoms with Crippen molar-refractivity contribution in [3.8, 4) is 0 Å². The molecular weight excluding hydrogens is 348 g/mol. The maximum atomic E-state index is 11.2. The van der Waals surface area contributed by atoms with Crippen LogP contribution in [0.5, 0.6) is 0 Å². The maximum absolute atomic E-state index is 11.2. The molecule has 0 unspecified atom stereocenters. The van der Waals surface area contributed by atoms with E-state index in [1.165, 1.54) is 29.5 Å². The first-order valence-corrected chi connectivity index (χ1v) is 7.14. The van der Waals surface area contributed by atoms with Crippen molar-refractivity contribution >= 4 is 44.6 Å². The first-order valence-electron chi connectivity index (χ1n) is 5.47. The van der Waals surface area contributed by atoms with Crippen molar-refractivity contribution in [2.45, 2.75) is 6.54 Å². The molecule has 8 heteroatoms. The minimum Gasteiger partial charge on any atom is -0.478 e. The second-order valence-corrected chi connectivity index (χ2v) is 5.66. The van der Waals surface area contributed by atoms with E-state index in [2.05, 4.69) is 21.2 Å². The molecule has 0 atom stereocenters. The highest BCUT2D eigenvalue weighted by molar-refractivity contribution is 9.10. The molecule has 0 amide bonds. The van der Waals surface area contributed by atoms with Crippen LogP contribution in [0, 0.1) is 10.1 Å². The van der Waals surface area contributed by atoms with Gasteiger partial charge in [-0.15, -0.1) is 11.3 Å². The van der Waals surface area contributed by atoms with E-state index in [1.54, 1.807) is 0 Å². The highest BCUT2D eigenvalue weighted by atomic mass is 79.9. The molecule has 2 N–H and O–H groups in total. The first kappa shape index (κ1) is 14.5. The molecule has 2 rings (SSSR count). The van der Waals surface area contributed by atoms with Gasteiger partial charge in [0.1, 0.15) is 5.69 Å². The third-order valence-corrected chi connectivity index (χ3v) is 4.51. The van der Waals surface area contributed by atoms with Gasteiger partial charge in [0.05, 0.1) is 17.0 Å². The van der Waals surface area contributed by atoms with Crippen LogP contribution in [0.25, 0.3) is 0 Å². The van der Waals surface area contributed by atoms with Crippen molar-refractivity contribution in [2.75, 3.05) is 5.32 Å². The number of hydrogen-bond donors (Lipinski definition) is 2. The number of carboxylic acids is 1. The summed E-state index contributed by atoms with van der Waals surface area (Å²) in [5, 5.41) is 24.8. The Bertz CT molecular complexity index is 639. The van der Waals surface area contributed by atoms with E-state index >= 15 is 0 Å². The average Bonchev–Trinajstić information content (AvgIpc) is 2.81. The molecule has 0 radical (unpaired) electrons. The van der Waals surface area contributed by atoms with Crippen molar-refractivity contribution in [1.82, 2.24) is 0 Å². The van der Waals surface area contributed by atoms with Crippen molar-refractivity contribution in [3.05, 3.63) is 54.7 Å². The third kappa shape index (κ3) is 2.97. The fourth-order valence-corrected chi connectivity index (χ4v) is 3.11. The topological polar surface area (TPSA) is 92.5 Å². The SMILES string of the molecule is O=C(O)c1cccc([N+](=O)[O-])c1NCc1sccc1Br. The number of thiophene rings is 1. The number of carbonyl (C=O) groups is 1. The Labute approximate surface area is 126 Å². The molecule has 2 aromatic rings. The monoisotopic (exact) mass is 356 g/mol. The van der Waals surface area contributed by atoms with Crippen molar-refractivity contribution < 1.29 is 14.8 Å². The summed E-state index contributed by atoms with van der Waals surface area (Å²) in [6.07, 6.45) is 0. The number of halogens is 1. The van der Waals surface area contributed by atoms with E-state index in [0.717, 1.165) is 9.35 Å². The average molecular weight is 357 g/mol. The normalized spacial score (nSPS) is 10.2. The molecule has 0 spiro atoms. The molecule has 1 heterocycles. The Morgan fingerprint density at radius 1 is 1.45 bits per heavy atom. The van der Waals surface area contributed by atoms with E-state index < -0.39 is 10.9 Å². The second kappa shape index (κ2) is 6.02. The van der Waals surface area contributed by atoms with E-state index in [1.807, 2.05) is 11.4 Å². The van der Waals surface area contributed by atoms with Crippen LogP contribution in [-0.2, 0) is 6.54 Å². The summed E-state index contributed by atoms with van der Waals surface area (Å²) in [5.74, 6) is -1.21. The standard InChI is InChI=1S/C12H9BrN2O4S/c13-8-4-5-20-10(8)6-14-11-7(12(16)17)2-1-3-9(11)15(18)19/h1-5,14H,6H2,(H,16,17). The van der Waals surface area contributed by atoms with Crippen LogP contribution in [-0.4, -0.2) is 16.0 Å². The number of nitrogens with one attached hydrogen (secondary N) is 1. The number of aromatic carboxylic acids is 1. The molecule has 1 aromatic heterocycles. The maximum Gasteiger partial charge on any atom is 0.338 e. The van der Waals surface area contributed by atoms with Crippen molar-refractivity contribution in [2.24, 2.45) is 0 Å². The minimum atomic E-state index is -1.21. The van der Waals surface area contributed by atoms with E-state index in [9.17, 15) is 14.9 Å². The number of nitrogens with zero attached hydrogens (tertiary/aromatic N) is 1. The lowest BCUT2D eigenvalue weighted by Crippen LogP contribution is -2.08. The molecule has 6 nitrogen and oxygen atoms in total. The van der Waals surface area contributed by atoms with Gasteiger partial charge in [0, 0.05) is 15.4 Å². The number of benzene rings is 1. The summed E-state index contributed by atoms with van der Waals surface area (Å²) < 4.78 is 0.880. The van der Waals surface area contributed by atoms with E-state index in [4.69, 9.17) is 5.11 Å². The molecule has 0 bridgehead atoms. The van der Waals surface area contributed by atoms with Gasteiger partial charge in [0.15, 0.2) is 0 Å². The van der Waals surface area contributed by atoms with Crippen LogP contribution < -0.4 is 5.32 Å². The van der Waals surface area contributed by atoms with Crippen LogP contribution in [0.4, 0.5) is 11.4 Å². The number of hydrogen-bond acceptors (Lipinski definition) is 5. The highest BCUT2D eigenvalue weighted by Crippen LogP contribution is 2.30. The fourth-order valence-electron chi connectivity index (χ4n) is 1.68. The predicted octanol–water partition coefficient (Wildman–Crippen LogP) is 3.73. The zero-order chi connectivity index (χ0) is 14.7. The summed E-state index contributed by atoms with van der Waals surface area (Å²) in [5.41, 5.74) is -0.352. The third-order valence-electron chi connectivity index (χ3n) is 2.59. The molecule has 104 valence electrons. The van der Waals surface area contributed by atoms with E-state index in [-0.39, 0.29) is 16.9 Å². The molecule has 0 saturated heterocycles. The van der Waals surface area contributed by atoms with Crippen LogP contribution in [0.15, 0.2) is 34.1 Å². The molecule has 0 aliphatic heterocycles. The molecule has 20 heavy (non-hydrogen) atoms. The quantitative estimate of drug-likeness (QED) is 0.628. The number of carboxylic acid groups (broad SMARTS) is 1. The Morgan fingerprint density at radius 2 is 2.20 bits per heavy atom. The summed E-state index contributed by atoms with van der Waals surface area (Å²) in [7, 11) is 0. The van der Waals surface area contributed by atoms with Crippen molar-refractivity contribution in [1.29, 1.82) is 0 Å². The zero-order valence-electron chi connectivity index (χ0n) is 10.00. The Kier molecular flexibility index (Phi) is 4.35. The molecule has 0 saturated carbocycles. The van der Waals surface area contributed by atoms with Gasteiger partial charge in [-0.3, -0.25) is 10.1 Å². The molecule has 0 aliphatic rings. The Balaban J connectivity index is 2.36. The molecule has 1 aromatic carbocycles. The van der Waals surface area contributed by atoms with Crippen molar-refractivity contribution in [3.63, 3.8) is 0 Å². The van der Waals surface area contributed by atoms with Crippen LogP contribution in [0.1, 0.15) is 15.2 Å². The predicted molar refractivity (Wildman–Crippen MR) is 79.4 cm³/mol. The number of rotatable bonds is 5. The van der Waals surface area contributed by atoms with Gasteiger partial charge >= 0.3 is 5.97 Å². The minimum absolute atomic E-state index is 0.0188. The smallest absolute Gasteiger partial charge is 0.338 e. The van der Waals surface area contributed by atoms with Gasteiger partial charge in [-0.25, -0.2) is 4.79 Å². The van der Waals surface area contributed by atoms with E-state index in [0.29, 0.717) is 6.54 Å². The lowest BCUT2D eigenvalue weighted by atomic mass is 10.1. The second-order valence-electron chi connectivity index (χ2n) is 3.81. The number of nitro groups is 1. The molecular formula is C12H9BrN2O4S. The zero-order valence-corrected chi connectivity index (χ0v) is 12.4. The Hall–Kier alpha value is -1.93.